The van der Waals surface area contributed by atoms with Crippen molar-refractivity contribution in [2.24, 2.45) is 0 Å². The van der Waals surface area contributed by atoms with Crippen molar-refractivity contribution < 1.29 is 0 Å². The molecule has 4 rings (SSSR count). The highest BCUT2D eigenvalue weighted by atomic mass is 15.3. The van der Waals surface area contributed by atoms with Gasteiger partial charge in [-0.1, -0.05) is 12.1 Å². The molecule has 2 aromatic heterocycles. The van der Waals surface area contributed by atoms with Crippen LogP contribution >= 0.6 is 0 Å². The molecule has 0 aromatic carbocycles. The van der Waals surface area contributed by atoms with Crippen LogP contribution in [0.15, 0.2) is 48.9 Å². The number of nitrogens with zero attached hydrogens (tertiary/aromatic N) is 4. The monoisotopic (exact) mass is 294 g/mol. The average molecular weight is 294 g/mol. The second kappa shape index (κ2) is 6.15. The maximum Gasteiger partial charge on any atom is 0.0544 e. The molecule has 0 amide bonds. The lowest BCUT2D eigenvalue weighted by Crippen LogP contribution is -2.36. The average Bonchev–Trinajstić information content (AvgIpc) is 3.14. The SMILES string of the molecule is c1ccc(CN2CC[C@H]3[C@H]2CCN3Cc2cccnc2)nc1. The third-order valence-electron chi connectivity index (χ3n) is 5.01. The smallest absolute Gasteiger partial charge is 0.0544 e. The van der Waals surface area contributed by atoms with Crippen molar-refractivity contribution in [2.45, 2.75) is 38.0 Å². The molecule has 4 nitrogen and oxygen atoms in total. The van der Waals surface area contributed by atoms with E-state index < -0.39 is 0 Å². The molecule has 0 aliphatic carbocycles. The summed E-state index contributed by atoms with van der Waals surface area (Å²) in [6.07, 6.45) is 8.29. The Morgan fingerprint density at radius 2 is 1.73 bits per heavy atom. The van der Waals surface area contributed by atoms with E-state index in [1.165, 1.54) is 37.2 Å². The molecular weight excluding hydrogens is 272 g/mol. The number of hydrogen-bond donors (Lipinski definition) is 0. The Morgan fingerprint density at radius 1 is 0.909 bits per heavy atom. The van der Waals surface area contributed by atoms with E-state index in [0.717, 1.165) is 13.1 Å². The van der Waals surface area contributed by atoms with Crippen molar-refractivity contribution in [1.29, 1.82) is 0 Å². The van der Waals surface area contributed by atoms with E-state index in [0.29, 0.717) is 12.1 Å². The molecule has 2 aliphatic heterocycles. The Bertz CT molecular complexity index is 545. The molecule has 0 N–H and O–H groups in total. The molecule has 0 bridgehead atoms. The summed E-state index contributed by atoms with van der Waals surface area (Å²) in [4.78, 5) is 14.0. The predicted octanol–water partition coefficient (Wildman–Crippen LogP) is 2.33. The molecule has 2 atom stereocenters. The van der Waals surface area contributed by atoms with Crippen LogP contribution in [0.5, 0.6) is 0 Å². The van der Waals surface area contributed by atoms with Crippen LogP contribution < -0.4 is 0 Å². The van der Waals surface area contributed by atoms with E-state index in [2.05, 4.69) is 38.0 Å². The largest absolute Gasteiger partial charge is 0.294 e. The molecule has 0 spiro atoms. The fourth-order valence-corrected chi connectivity index (χ4v) is 3.98. The lowest BCUT2D eigenvalue weighted by Gasteiger charge is -2.25. The number of pyridine rings is 2. The van der Waals surface area contributed by atoms with Crippen LogP contribution in [-0.4, -0.2) is 44.9 Å². The third-order valence-corrected chi connectivity index (χ3v) is 5.01. The lowest BCUT2D eigenvalue weighted by molar-refractivity contribution is 0.211. The third kappa shape index (κ3) is 2.76. The molecule has 2 aromatic rings. The van der Waals surface area contributed by atoms with Gasteiger partial charge in [-0.3, -0.25) is 19.8 Å². The first-order valence-corrected chi connectivity index (χ1v) is 8.17. The van der Waals surface area contributed by atoms with Crippen molar-refractivity contribution in [3.63, 3.8) is 0 Å². The van der Waals surface area contributed by atoms with Gasteiger partial charge in [0.1, 0.15) is 0 Å². The summed E-state index contributed by atoms with van der Waals surface area (Å²) in [6, 6.07) is 11.8. The molecule has 0 radical (unpaired) electrons. The quantitative estimate of drug-likeness (QED) is 0.866. The summed E-state index contributed by atoms with van der Waals surface area (Å²) in [6.45, 7) is 4.41. The van der Waals surface area contributed by atoms with Gasteiger partial charge in [-0.05, 0) is 36.6 Å². The van der Waals surface area contributed by atoms with Gasteiger partial charge < -0.3 is 0 Å². The summed E-state index contributed by atoms with van der Waals surface area (Å²) >= 11 is 0. The molecule has 2 saturated heterocycles. The number of likely N-dealkylation sites (tertiary alicyclic amines) is 2. The first kappa shape index (κ1) is 13.9. The van der Waals surface area contributed by atoms with Crippen LogP contribution in [0.2, 0.25) is 0 Å². The fourth-order valence-electron chi connectivity index (χ4n) is 3.98. The Kier molecular flexibility index (Phi) is 3.87. The highest BCUT2D eigenvalue weighted by molar-refractivity contribution is 5.11. The van der Waals surface area contributed by atoms with Crippen LogP contribution in [0.25, 0.3) is 0 Å². The first-order chi connectivity index (χ1) is 10.9. The van der Waals surface area contributed by atoms with Gasteiger partial charge >= 0.3 is 0 Å². The number of fused-ring (bicyclic) bond motifs is 1. The van der Waals surface area contributed by atoms with Crippen molar-refractivity contribution >= 4 is 0 Å². The highest BCUT2D eigenvalue weighted by Gasteiger charge is 2.42. The van der Waals surface area contributed by atoms with Crippen molar-refractivity contribution in [2.75, 3.05) is 13.1 Å². The zero-order valence-electron chi connectivity index (χ0n) is 12.8. The zero-order chi connectivity index (χ0) is 14.8. The van der Waals surface area contributed by atoms with Crippen LogP contribution in [0.1, 0.15) is 24.1 Å². The van der Waals surface area contributed by atoms with Crippen LogP contribution in [-0.2, 0) is 13.1 Å². The molecule has 2 aliphatic rings. The molecule has 22 heavy (non-hydrogen) atoms. The lowest BCUT2D eigenvalue weighted by atomic mass is 10.1. The minimum absolute atomic E-state index is 0.693. The molecule has 4 heteroatoms. The molecule has 114 valence electrons. The molecule has 2 fully saturated rings. The molecule has 0 unspecified atom stereocenters. The molecule has 4 heterocycles. The normalized spacial score (nSPS) is 25.5. The summed E-state index contributed by atoms with van der Waals surface area (Å²) < 4.78 is 0. The van der Waals surface area contributed by atoms with Gasteiger partial charge in [0.25, 0.3) is 0 Å². The Morgan fingerprint density at radius 3 is 2.41 bits per heavy atom. The van der Waals surface area contributed by atoms with E-state index in [1.54, 1.807) is 0 Å². The summed E-state index contributed by atoms with van der Waals surface area (Å²) in [5.74, 6) is 0. The van der Waals surface area contributed by atoms with Crippen LogP contribution in [0.3, 0.4) is 0 Å². The summed E-state index contributed by atoms with van der Waals surface area (Å²) in [5, 5.41) is 0. The van der Waals surface area contributed by atoms with Crippen molar-refractivity contribution in [3.05, 3.63) is 60.2 Å². The van der Waals surface area contributed by atoms with Crippen LogP contribution in [0.4, 0.5) is 0 Å². The van der Waals surface area contributed by atoms with E-state index in [-0.39, 0.29) is 0 Å². The number of rotatable bonds is 4. The first-order valence-electron chi connectivity index (χ1n) is 8.17. The predicted molar refractivity (Wildman–Crippen MR) is 86.1 cm³/mol. The Balaban J connectivity index is 1.41. The minimum atomic E-state index is 0.693. The van der Waals surface area contributed by atoms with Gasteiger partial charge in [-0.2, -0.15) is 0 Å². The van der Waals surface area contributed by atoms with E-state index in [1.807, 2.05) is 30.7 Å². The number of aromatic nitrogens is 2. The van der Waals surface area contributed by atoms with Gasteiger partial charge in [0, 0.05) is 56.9 Å². The van der Waals surface area contributed by atoms with Gasteiger partial charge in [0.05, 0.1) is 5.69 Å². The highest BCUT2D eigenvalue weighted by Crippen LogP contribution is 2.33. The minimum Gasteiger partial charge on any atom is -0.294 e. The van der Waals surface area contributed by atoms with E-state index in [4.69, 9.17) is 0 Å². The Labute approximate surface area is 131 Å². The Hall–Kier alpha value is -1.78. The van der Waals surface area contributed by atoms with E-state index in [9.17, 15) is 0 Å². The molecular formula is C18H22N4. The fraction of sp³-hybridized carbons (Fsp3) is 0.444. The van der Waals surface area contributed by atoms with Gasteiger partial charge in [0.15, 0.2) is 0 Å². The number of hydrogen-bond acceptors (Lipinski definition) is 4. The molecule has 0 saturated carbocycles. The topological polar surface area (TPSA) is 32.3 Å². The van der Waals surface area contributed by atoms with Crippen molar-refractivity contribution in [1.82, 2.24) is 19.8 Å². The maximum atomic E-state index is 4.48. The maximum absolute atomic E-state index is 4.48. The second-order valence-corrected chi connectivity index (χ2v) is 6.34. The standard InChI is InChI=1S/C18H22N4/c1-2-9-20-16(5-1)14-22-11-7-17-18(22)6-10-21(17)13-15-4-3-8-19-12-15/h1-5,8-9,12,17-18H,6-7,10-11,13-14H2/t17-,18+/m0/s1. The second-order valence-electron chi connectivity index (χ2n) is 6.34. The van der Waals surface area contributed by atoms with Gasteiger partial charge in [-0.25, -0.2) is 0 Å². The summed E-state index contributed by atoms with van der Waals surface area (Å²) in [7, 11) is 0. The zero-order valence-corrected chi connectivity index (χ0v) is 12.8. The van der Waals surface area contributed by atoms with Crippen LogP contribution in [0, 0.1) is 0 Å². The summed E-state index contributed by atoms with van der Waals surface area (Å²) in [5.41, 5.74) is 2.51. The van der Waals surface area contributed by atoms with Gasteiger partial charge in [0.2, 0.25) is 0 Å². The van der Waals surface area contributed by atoms with Crippen molar-refractivity contribution in [3.8, 4) is 0 Å². The van der Waals surface area contributed by atoms with Gasteiger partial charge in [-0.15, -0.1) is 0 Å². The van der Waals surface area contributed by atoms with E-state index >= 15 is 0 Å².